The largest absolute Gasteiger partial charge is 0.508 e. The Morgan fingerprint density at radius 3 is 0.352 bits per heavy atom. The van der Waals surface area contributed by atoms with E-state index in [1.165, 1.54) is 72.8 Å². The van der Waals surface area contributed by atoms with E-state index in [-0.39, 0.29) is 34.5 Å². The molecule has 7 rings (SSSR count). The molecule has 6 nitrogen and oxygen atoms in total. The molecule has 0 aliphatic rings. The minimum atomic E-state index is -0.0429. The van der Waals surface area contributed by atoms with Gasteiger partial charge in [-0.1, -0.05) is 72.8 Å². The number of fused-ring (bicyclic) bond motifs is 12. The van der Waals surface area contributed by atoms with Gasteiger partial charge in [0.15, 0.2) is 0 Å². The van der Waals surface area contributed by atoms with Gasteiger partial charge in [0.1, 0.15) is 34.5 Å². The van der Waals surface area contributed by atoms with E-state index in [1.807, 2.05) is 0 Å². The maximum Gasteiger partial charge on any atom is 0.118 e. The van der Waals surface area contributed by atoms with Gasteiger partial charge in [-0.05, 0) is 109 Å². The first-order chi connectivity index (χ1) is 26.1. The van der Waals surface area contributed by atoms with Crippen LogP contribution >= 0.6 is 0 Å². The molecule has 54 heavy (non-hydrogen) atoms. The third-order valence-corrected chi connectivity index (χ3v) is 7.61. The SMILES string of the molecule is Oc1cc2c#cc3cc(O)cc(c#cc4cc(O)cc(c#cc5cc(O)cc(c#cc6cc(O)cc(c#cc7cc(O)cc(c#cc(c1)c2)c7)c6)c5)c4)c3. The van der Waals surface area contributed by atoms with Crippen molar-refractivity contribution < 1.29 is 30.6 Å². The normalized spacial score (nSPS) is 9.78. The summed E-state index contributed by atoms with van der Waals surface area (Å²) in [4.78, 5) is 0. The highest BCUT2D eigenvalue weighted by atomic mass is 16.3. The van der Waals surface area contributed by atoms with Crippen LogP contribution in [0.1, 0.15) is 0 Å². The monoisotopic (exact) mass is 696 g/mol. The van der Waals surface area contributed by atoms with Crippen molar-refractivity contribution in [1.29, 1.82) is 0 Å². The predicted octanol–water partition coefficient (Wildman–Crippen LogP) is 9.50. The summed E-state index contributed by atoms with van der Waals surface area (Å²) in [6, 6.07) is 64.1. The highest BCUT2D eigenvalue weighted by Gasteiger charge is 1.95. The fourth-order valence-corrected chi connectivity index (χ4v) is 5.40. The van der Waals surface area contributed by atoms with Gasteiger partial charge >= 0.3 is 0 Å². The fourth-order valence-electron chi connectivity index (χ4n) is 5.40. The van der Waals surface area contributed by atoms with Gasteiger partial charge in [-0.2, -0.15) is 0 Å². The molecule has 0 aliphatic heterocycles. The smallest absolute Gasteiger partial charge is 0.118 e. The molecule has 6 heteroatoms. The van der Waals surface area contributed by atoms with E-state index < -0.39 is 0 Å². The van der Waals surface area contributed by atoms with Gasteiger partial charge in [0.2, 0.25) is 0 Å². The Labute approximate surface area is 310 Å². The molecule has 252 valence electrons. The third kappa shape index (κ3) is 8.98. The summed E-state index contributed by atoms with van der Waals surface area (Å²) in [7, 11) is 0. The van der Waals surface area contributed by atoms with Crippen molar-refractivity contribution in [3.05, 3.63) is 182 Å². The second-order valence-electron chi connectivity index (χ2n) is 12.1. The van der Waals surface area contributed by atoms with E-state index in [0.29, 0.717) is 64.6 Å². The molecule has 0 aliphatic carbocycles. The topological polar surface area (TPSA) is 121 Å². The number of hydrogen-bond acceptors (Lipinski definition) is 6. The lowest BCUT2D eigenvalue weighted by Crippen LogP contribution is -1.68. The minimum absolute atomic E-state index is 0.0429. The van der Waals surface area contributed by atoms with Crippen molar-refractivity contribution in [3.63, 3.8) is 0 Å². The van der Waals surface area contributed by atoms with Gasteiger partial charge in [0.25, 0.3) is 0 Å². The molecular formula is C48H24O6. The van der Waals surface area contributed by atoms with Gasteiger partial charge in [0.05, 0.1) is 0 Å². The molecule has 0 radical (unpaired) electrons. The maximum atomic E-state index is 10.4. The first-order valence-electron chi connectivity index (χ1n) is 16.2. The zero-order valence-electron chi connectivity index (χ0n) is 28.1. The standard InChI is InChI=1S/C48H24O6/c49-43-19-31-1-2-32-14-34(22-44(50)20-32)5-6-36-16-38(26-46(52)24-36)9-10-40-18-42(30-48(54)28-40)12-11-41-17-39(27-47(53)29-41)8-7-37-15-35(23-45(51)25-37)4-3-33(13-31)21-43/h13-30,49-54H. The lowest BCUT2D eigenvalue weighted by Gasteiger charge is -1.92. The molecular weight excluding hydrogens is 673 g/mol. The van der Waals surface area contributed by atoms with Crippen LogP contribution in [-0.4, -0.2) is 30.6 Å². The number of rotatable bonds is 0. The van der Waals surface area contributed by atoms with E-state index in [0.717, 1.165) is 0 Å². The fraction of sp³-hybridized carbons (Fsp3) is 0. The Hall–Kier alpha value is -8.52. The van der Waals surface area contributed by atoms with Crippen LogP contribution in [0.25, 0.3) is 64.6 Å². The Morgan fingerprint density at radius 1 is 0.167 bits per heavy atom. The summed E-state index contributed by atoms with van der Waals surface area (Å²) in [6.45, 7) is 0. The zero-order valence-corrected chi connectivity index (χ0v) is 28.1. The van der Waals surface area contributed by atoms with Crippen LogP contribution in [0.2, 0.25) is 0 Å². The lowest BCUT2D eigenvalue weighted by atomic mass is 10.2. The van der Waals surface area contributed by atoms with Crippen molar-refractivity contribution in [3.8, 4) is 34.5 Å². The van der Waals surface area contributed by atoms with Gasteiger partial charge in [-0.25, -0.2) is 0 Å². The summed E-state index contributed by atoms with van der Waals surface area (Å²) < 4.78 is 0. The maximum absolute atomic E-state index is 10.4. The number of phenols is 6. The van der Waals surface area contributed by atoms with Gasteiger partial charge in [-0.3, -0.25) is 0 Å². The summed E-state index contributed by atoms with van der Waals surface area (Å²) in [5.74, 6) is -0.258. The Kier molecular flexibility index (Phi) is 9.28. The van der Waals surface area contributed by atoms with E-state index in [9.17, 15) is 30.6 Å². The van der Waals surface area contributed by atoms with Crippen LogP contribution in [0, 0.1) is 72.8 Å². The highest BCUT2D eigenvalue weighted by molar-refractivity contribution is 5.74. The summed E-state index contributed by atoms with van der Waals surface area (Å²) >= 11 is 0. The molecule has 7 aromatic rings. The van der Waals surface area contributed by atoms with E-state index in [1.54, 1.807) is 36.4 Å². The first kappa shape index (κ1) is 34.0. The van der Waals surface area contributed by atoms with Crippen molar-refractivity contribution in [2.24, 2.45) is 0 Å². The van der Waals surface area contributed by atoms with Crippen molar-refractivity contribution in [1.82, 2.24) is 0 Å². The molecule has 0 unspecified atom stereocenters. The number of benzene rings is 6. The molecule has 7 aromatic carbocycles. The number of phenolic OH excluding ortho intramolecular Hbond substituents is 6. The average molecular weight is 697 g/mol. The second kappa shape index (κ2) is 14.8. The van der Waals surface area contributed by atoms with Crippen molar-refractivity contribution in [2.75, 3.05) is 0 Å². The van der Waals surface area contributed by atoms with Crippen molar-refractivity contribution in [2.45, 2.75) is 0 Å². The predicted molar refractivity (Wildman–Crippen MR) is 207 cm³/mol. The van der Waals surface area contributed by atoms with Crippen molar-refractivity contribution >= 4 is 64.6 Å². The van der Waals surface area contributed by atoms with Crippen LogP contribution in [0.5, 0.6) is 34.5 Å². The lowest BCUT2D eigenvalue weighted by molar-refractivity contribution is 0.476. The minimum Gasteiger partial charge on any atom is -0.508 e. The molecule has 0 heterocycles. The molecule has 0 amide bonds. The quantitative estimate of drug-likeness (QED) is 0.0940. The van der Waals surface area contributed by atoms with Gasteiger partial charge < -0.3 is 30.6 Å². The van der Waals surface area contributed by atoms with Gasteiger partial charge in [0, 0.05) is 64.6 Å². The molecule has 12 bridgehead atoms. The van der Waals surface area contributed by atoms with E-state index >= 15 is 0 Å². The van der Waals surface area contributed by atoms with Crippen LogP contribution in [0.15, 0.2) is 109 Å². The second-order valence-corrected chi connectivity index (χ2v) is 12.1. The Morgan fingerprint density at radius 2 is 0.259 bits per heavy atom. The van der Waals surface area contributed by atoms with Crippen LogP contribution in [0.3, 0.4) is 0 Å². The van der Waals surface area contributed by atoms with E-state index in [2.05, 4.69) is 72.8 Å². The number of hydrogen-bond donors (Lipinski definition) is 6. The van der Waals surface area contributed by atoms with Gasteiger partial charge in [-0.15, -0.1) is 0 Å². The van der Waals surface area contributed by atoms with Crippen LogP contribution in [-0.2, 0) is 0 Å². The summed E-state index contributed by atoms with van der Waals surface area (Å²) in [5, 5.41) is 68.2. The van der Waals surface area contributed by atoms with Crippen LogP contribution in [0.4, 0.5) is 0 Å². The van der Waals surface area contributed by atoms with E-state index in [4.69, 9.17) is 0 Å². The first-order valence-corrected chi connectivity index (χ1v) is 16.2. The molecule has 0 atom stereocenters. The Bertz CT molecular complexity index is 2230. The third-order valence-electron chi connectivity index (χ3n) is 7.61. The number of aromatic hydroxyl groups is 6. The molecule has 0 aromatic heterocycles. The van der Waals surface area contributed by atoms with Crippen LogP contribution < -0.4 is 0 Å². The molecule has 0 spiro atoms. The average Bonchev–Trinajstić information content (AvgIpc) is 3.12. The zero-order chi connectivity index (χ0) is 37.6. The Balaban J connectivity index is 1.47. The molecule has 0 fully saturated rings. The summed E-state index contributed by atoms with van der Waals surface area (Å²) in [5.41, 5.74) is 0. The molecule has 0 saturated carbocycles. The molecule has 0 saturated heterocycles. The molecule has 6 N–H and O–H groups in total. The highest BCUT2D eigenvalue weighted by Crippen LogP contribution is 2.20. The summed E-state index contributed by atoms with van der Waals surface area (Å²) in [6.07, 6.45) is 0.